The summed E-state index contributed by atoms with van der Waals surface area (Å²) in [6.07, 6.45) is 0. The number of nitrogens with two attached hydrogens (primary N) is 1. The van der Waals surface area contributed by atoms with E-state index in [-0.39, 0.29) is 17.7 Å². The molecule has 0 aliphatic heterocycles. The number of nitriles is 1. The van der Waals surface area contributed by atoms with Crippen LogP contribution in [0, 0.1) is 17.1 Å². The zero-order valence-electron chi connectivity index (χ0n) is 9.86. The highest BCUT2D eigenvalue weighted by atomic mass is 35.5. The van der Waals surface area contributed by atoms with Crippen LogP contribution in [0.1, 0.15) is 11.1 Å². The van der Waals surface area contributed by atoms with Gasteiger partial charge in [0.05, 0.1) is 16.3 Å². The summed E-state index contributed by atoms with van der Waals surface area (Å²) >= 11 is 5.94. The Morgan fingerprint density at radius 1 is 1.26 bits per heavy atom. The summed E-state index contributed by atoms with van der Waals surface area (Å²) in [4.78, 5) is 0. The Hall–Kier alpha value is -2.25. The molecule has 0 aromatic heterocycles. The monoisotopic (exact) mass is 276 g/mol. The van der Waals surface area contributed by atoms with Gasteiger partial charge in [-0.3, -0.25) is 0 Å². The van der Waals surface area contributed by atoms with Gasteiger partial charge in [0.25, 0.3) is 0 Å². The third kappa shape index (κ3) is 2.78. The molecule has 2 N–H and O–H groups in total. The maximum Gasteiger partial charge on any atom is 0.161 e. The first-order valence-electron chi connectivity index (χ1n) is 5.47. The quantitative estimate of drug-likeness (QED) is 0.873. The number of benzene rings is 2. The van der Waals surface area contributed by atoms with E-state index in [2.05, 4.69) is 0 Å². The topological polar surface area (TPSA) is 59.0 Å². The second-order valence-corrected chi connectivity index (χ2v) is 4.24. The molecular weight excluding hydrogens is 267 g/mol. The first-order valence-corrected chi connectivity index (χ1v) is 5.85. The molecule has 0 bridgehead atoms. The van der Waals surface area contributed by atoms with Crippen LogP contribution >= 0.6 is 11.6 Å². The highest BCUT2D eigenvalue weighted by molar-refractivity contribution is 6.32. The standard InChI is InChI=1S/C14H10ClFN2O/c15-11-5-2-6-12(18)14(11)19-8-10-4-1-3-9(7-17)13(10)16/h1-6H,8,18H2. The molecule has 0 saturated heterocycles. The van der Waals surface area contributed by atoms with Crippen molar-refractivity contribution in [1.82, 2.24) is 0 Å². The average molecular weight is 277 g/mol. The smallest absolute Gasteiger partial charge is 0.161 e. The second-order valence-electron chi connectivity index (χ2n) is 3.84. The summed E-state index contributed by atoms with van der Waals surface area (Å²) in [6.45, 7) is -0.0463. The van der Waals surface area contributed by atoms with Gasteiger partial charge >= 0.3 is 0 Å². The summed E-state index contributed by atoms with van der Waals surface area (Å²) < 4.78 is 19.2. The van der Waals surface area contributed by atoms with Crippen LogP contribution in [-0.2, 0) is 6.61 Å². The van der Waals surface area contributed by atoms with Crippen molar-refractivity contribution in [3.05, 3.63) is 58.4 Å². The fourth-order valence-electron chi connectivity index (χ4n) is 1.61. The average Bonchev–Trinajstić information content (AvgIpc) is 2.40. The molecule has 2 rings (SSSR count). The van der Waals surface area contributed by atoms with Crippen molar-refractivity contribution >= 4 is 17.3 Å². The molecule has 0 unspecified atom stereocenters. The van der Waals surface area contributed by atoms with Gasteiger partial charge in [-0.1, -0.05) is 29.8 Å². The van der Waals surface area contributed by atoms with E-state index in [1.54, 1.807) is 36.4 Å². The Morgan fingerprint density at radius 3 is 2.68 bits per heavy atom. The SMILES string of the molecule is N#Cc1cccc(COc2c(N)cccc2Cl)c1F. The Kier molecular flexibility index (Phi) is 3.88. The van der Waals surface area contributed by atoms with Crippen molar-refractivity contribution in [2.45, 2.75) is 6.61 Å². The van der Waals surface area contributed by atoms with Crippen LogP contribution in [0.3, 0.4) is 0 Å². The van der Waals surface area contributed by atoms with Gasteiger partial charge in [0.2, 0.25) is 0 Å². The lowest BCUT2D eigenvalue weighted by atomic mass is 10.1. The predicted molar refractivity (Wildman–Crippen MR) is 71.3 cm³/mol. The minimum Gasteiger partial charge on any atom is -0.485 e. The molecule has 96 valence electrons. The van der Waals surface area contributed by atoms with Gasteiger partial charge < -0.3 is 10.5 Å². The molecule has 0 aliphatic carbocycles. The number of ether oxygens (including phenoxy) is 1. The van der Waals surface area contributed by atoms with Crippen LogP contribution in [0.25, 0.3) is 0 Å². The number of rotatable bonds is 3. The Morgan fingerprint density at radius 2 is 2.00 bits per heavy atom. The number of nitrogen functional groups attached to an aromatic ring is 1. The van der Waals surface area contributed by atoms with Crippen LogP contribution in [0.2, 0.25) is 5.02 Å². The summed E-state index contributed by atoms with van der Waals surface area (Å²) in [5.41, 5.74) is 6.36. The van der Waals surface area contributed by atoms with Gasteiger partial charge in [-0.15, -0.1) is 0 Å². The molecule has 2 aromatic rings. The van der Waals surface area contributed by atoms with Gasteiger partial charge in [0.15, 0.2) is 5.75 Å². The molecule has 0 radical (unpaired) electrons. The summed E-state index contributed by atoms with van der Waals surface area (Å²) in [6, 6.07) is 11.3. The Bertz CT molecular complexity index is 632. The number of halogens is 2. The maximum atomic E-state index is 13.8. The molecule has 0 fully saturated rings. The van der Waals surface area contributed by atoms with Crippen LogP contribution in [0.15, 0.2) is 36.4 Å². The lowest BCUT2D eigenvalue weighted by Gasteiger charge is -2.11. The van der Waals surface area contributed by atoms with Crippen LogP contribution < -0.4 is 10.5 Å². The normalized spacial score (nSPS) is 9.95. The van der Waals surface area contributed by atoms with Crippen molar-refractivity contribution in [3.63, 3.8) is 0 Å². The van der Waals surface area contributed by atoms with Crippen LogP contribution in [-0.4, -0.2) is 0 Å². The number of nitrogens with zero attached hydrogens (tertiary/aromatic N) is 1. The first kappa shape index (κ1) is 13.2. The van der Waals surface area contributed by atoms with E-state index in [0.717, 1.165) is 0 Å². The number of hydrogen-bond donors (Lipinski definition) is 1. The molecule has 19 heavy (non-hydrogen) atoms. The third-order valence-electron chi connectivity index (χ3n) is 2.57. The van der Waals surface area contributed by atoms with Gasteiger partial charge in [0, 0.05) is 5.56 Å². The number of para-hydroxylation sites is 1. The van der Waals surface area contributed by atoms with Gasteiger partial charge in [0.1, 0.15) is 18.5 Å². The van der Waals surface area contributed by atoms with Crippen LogP contribution in [0.4, 0.5) is 10.1 Å². The fourth-order valence-corrected chi connectivity index (χ4v) is 1.84. The molecule has 0 heterocycles. The zero-order valence-corrected chi connectivity index (χ0v) is 10.6. The van der Waals surface area contributed by atoms with E-state index < -0.39 is 5.82 Å². The minimum absolute atomic E-state index is 0.0202. The van der Waals surface area contributed by atoms with E-state index in [1.807, 2.05) is 0 Å². The van der Waals surface area contributed by atoms with Crippen molar-refractivity contribution in [1.29, 1.82) is 5.26 Å². The fraction of sp³-hybridized carbons (Fsp3) is 0.0714. The lowest BCUT2D eigenvalue weighted by Crippen LogP contribution is -2.02. The molecule has 0 amide bonds. The molecule has 2 aromatic carbocycles. The number of hydrogen-bond acceptors (Lipinski definition) is 3. The largest absolute Gasteiger partial charge is 0.485 e. The van der Waals surface area contributed by atoms with Gasteiger partial charge in [-0.25, -0.2) is 4.39 Å². The summed E-state index contributed by atoms with van der Waals surface area (Å²) in [5, 5.41) is 9.10. The van der Waals surface area contributed by atoms with E-state index in [9.17, 15) is 4.39 Å². The Balaban J connectivity index is 2.22. The highest BCUT2D eigenvalue weighted by Crippen LogP contribution is 2.31. The molecular formula is C14H10ClFN2O. The minimum atomic E-state index is -0.587. The summed E-state index contributed by atoms with van der Waals surface area (Å²) in [7, 11) is 0. The van der Waals surface area contributed by atoms with E-state index >= 15 is 0 Å². The summed E-state index contributed by atoms with van der Waals surface area (Å²) in [5.74, 6) is -0.276. The highest BCUT2D eigenvalue weighted by Gasteiger charge is 2.10. The van der Waals surface area contributed by atoms with Crippen molar-refractivity contribution in [2.24, 2.45) is 0 Å². The molecule has 0 spiro atoms. The molecule has 0 aliphatic rings. The van der Waals surface area contributed by atoms with E-state index in [0.29, 0.717) is 16.5 Å². The molecule has 3 nitrogen and oxygen atoms in total. The van der Waals surface area contributed by atoms with Crippen molar-refractivity contribution in [2.75, 3.05) is 5.73 Å². The van der Waals surface area contributed by atoms with Gasteiger partial charge in [-0.2, -0.15) is 5.26 Å². The molecule has 0 atom stereocenters. The first-order chi connectivity index (χ1) is 9.13. The molecule has 0 saturated carbocycles. The zero-order chi connectivity index (χ0) is 13.8. The van der Waals surface area contributed by atoms with E-state index in [4.69, 9.17) is 27.3 Å². The maximum absolute atomic E-state index is 13.8. The van der Waals surface area contributed by atoms with E-state index in [1.165, 1.54) is 6.07 Å². The van der Waals surface area contributed by atoms with Crippen LogP contribution in [0.5, 0.6) is 5.75 Å². The van der Waals surface area contributed by atoms with Gasteiger partial charge in [-0.05, 0) is 18.2 Å². The lowest BCUT2D eigenvalue weighted by molar-refractivity contribution is 0.301. The molecule has 5 heteroatoms. The van der Waals surface area contributed by atoms with Crippen molar-refractivity contribution in [3.8, 4) is 11.8 Å². The third-order valence-corrected chi connectivity index (χ3v) is 2.87. The number of anilines is 1. The predicted octanol–water partition coefficient (Wildman–Crippen LogP) is 3.51. The second kappa shape index (κ2) is 5.59. The van der Waals surface area contributed by atoms with Crippen molar-refractivity contribution < 1.29 is 9.13 Å². The Labute approximate surface area is 115 Å².